The third kappa shape index (κ3) is 3.55. The highest BCUT2D eigenvalue weighted by Gasteiger charge is 2.18. The smallest absolute Gasteiger partial charge is 0.261 e. The van der Waals surface area contributed by atoms with Gasteiger partial charge in [-0.3, -0.25) is 9.59 Å². The van der Waals surface area contributed by atoms with E-state index in [4.69, 9.17) is 0 Å². The summed E-state index contributed by atoms with van der Waals surface area (Å²) in [6.07, 6.45) is 0. The first-order chi connectivity index (χ1) is 10.2. The van der Waals surface area contributed by atoms with Crippen LogP contribution in [0.5, 0.6) is 0 Å². The molecule has 1 aliphatic heterocycles. The number of rotatable bonds is 4. The summed E-state index contributed by atoms with van der Waals surface area (Å²) < 4.78 is 0. The summed E-state index contributed by atoms with van der Waals surface area (Å²) in [6.45, 7) is 2.44. The maximum absolute atomic E-state index is 12.1. The summed E-state index contributed by atoms with van der Waals surface area (Å²) in [5.41, 5.74) is 1.42. The van der Waals surface area contributed by atoms with E-state index >= 15 is 0 Å². The average molecular weight is 320 g/mol. The van der Waals surface area contributed by atoms with Gasteiger partial charge in [0.2, 0.25) is 0 Å². The van der Waals surface area contributed by atoms with Crippen LogP contribution >= 0.6 is 12.4 Å². The van der Waals surface area contributed by atoms with Crippen LogP contribution in [0, 0.1) is 5.92 Å². The first-order valence-electron chi connectivity index (χ1n) is 7.02. The molecule has 0 aliphatic carbocycles. The molecular weight excluding hydrogens is 302 g/mol. The minimum absolute atomic E-state index is 0. The minimum atomic E-state index is -0.361. The van der Waals surface area contributed by atoms with Crippen LogP contribution in [0.1, 0.15) is 10.4 Å². The van der Waals surface area contributed by atoms with Crippen LogP contribution in [0.3, 0.4) is 0 Å². The first kappa shape index (κ1) is 16.3. The summed E-state index contributed by atoms with van der Waals surface area (Å²) in [6, 6.07) is 12.9. The molecule has 0 spiro atoms. The van der Waals surface area contributed by atoms with Gasteiger partial charge in [-0.05, 0) is 17.7 Å². The van der Waals surface area contributed by atoms with Crippen molar-refractivity contribution in [3.63, 3.8) is 0 Å². The highest BCUT2D eigenvalue weighted by atomic mass is 35.5. The first-order valence-corrected chi connectivity index (χ1v) is 7.02. The van der Waals surface area contributed by atoms with Crippen molar-refractivity contribution in [1.29, 1.82) is 0 Å². The Balaban J connectivity index is 0.00000176. The summed E-state index contributed by atoms with van der Waals surface area (Å²) >= 11 is 0. The summed E-state index contributed by atoms with van der Waals surface area (Å²) in [5, 5.41) is 5.94. The zero-order chi connectivity index (χ0) is 14.7. The molecule has 6 heteroatoms. The number of halogens is 1. The minimum Gasteiger partial charge on any atom is -0.351 e. The third-order valence-corrected chi connectivity index (χ3v) is 3.66. The van der Waals surface area contributed by atoms with Gasteiger partial charge in [0.05, 0.1) is 0 Å². The van der Waals surface area contributed by atoms with Gasteiger partial charge in [0.15, 0.2) is 0 Å². The van der Waals surface area contributed by atoms with Gasteiger partial charge < -0.3 is 15.6 Å². The van der Waals surface area contributed by atoms with Crippen LogP contribution in [-0.2, 0) is 0 Å². The zero-order valence-electron chi connectivity index (χ0n) is 12.0. The van der Waals surface area contributed by atoms with Crippen LogP contribution in [0.15, 0.2) is 47.3 Å². The van der Waals surface area contributed by atoms with Crippen LogP contribution in [0.2, 0.25) is 0 Å². The van der Waals surface area contributed by atoms with Gasteiger partial charge in [-0.25, -0.2) is 0 Å². The van der Waals surface area contributed by atoms with Crippen LogP contribution in [0.25, 0.3) is 11.3 Å². The van der Waals surface area contributed by atoms with E-state index in [0.717, 1.165) is 18.7 Å². The monoisotopic (exact) mass is 319 g/mol. The molecule has 0 unspecified atom stereocenters. The maximum Gasteiger partial charge on any atom is 0.261 e. The highest BCUT2D eigenvalue weighted by molar-refractivity contribution is 5.94. The Kier molecular flexibility index (Phi) is 5.35. The van der Waals surface area contributed by atoms with Crippen molar-refractivity contribution in [2.75, 3.05) is 19.6 Å². The van der Waals surface area contributed by atoms with E-state index in [1.807, 2.05) is 30.3 Å². The normalized spacial score (nSPS) is 13.8. The van der Waals surface area contributed by atoms with E-state index in [1.54, 1.807) is 12.1 Å². The van der Waals surface area contributed by atoms with E-state index in [0.29, 0.717) is 18.2 Å². The molecule has 1 aromatic heterocycles. The fourth-order valence-electron chi connectivity index (χ4n) is 2.26. The predicted octanol–water partition coefficient (Wildman–Crippen LogP) is 1.41. The van der Waals surface area contributed by atoms with Crippen molar-refractivity contribution < 1.29 is 4.79 Å². The summed E-state index contributed by atoms with van der Waals surface area (Å²) in [4.78, 5) is 26.8. The number of carbonyl (C=O) groups excluding carboxylic acids is 1. The highest BCUT2D eigenvalue weighted by Crippen LogP contribution is 2.14. The largest absolute Gasteiger partial charge is 0.351 e. The van der Waals surface area contributed by atoms with Crippen molar-refractivity contribution in [3.05, 3.63) is 58.4 Å². The molecule has 2 heterocycles. The number of pyridine rings is 1. The third-order valence-electron chi connectivity index (χ3n) is 3.66. The quantitative estimate of drug-likeness (QED) is 0.798. The number of H-pyrrole nitrogens is 1. The van der Waals surface area contributed by atoms with E-state index in [-0.39, 0.29) is 29.4 Å². The van der Waals surface area contributed by atoms with Gasteiger partial charge in [-0.2, -0.15) is 0 Å². The fourth-order valence-corrected chi connectivity index (χ4v) is 2.26. The molecule has 1 saturated heterocycles. The number of amides is 1. The SMILES string of the molecule is Cl.O=C(NCC1CNC1)c1ccc(-c2ccccc2)[nH]c1=O. The molecule has 0 saturated carbocycles. The van der Waals surface area contributed by atoms with Crippen molar-refractivity contribution in [3.8, 4) is 11.3 Å². The van der Waals surface area contributed by atoms with Gasteiger partial charge >= 0.3 is 0 Å². The lowest BCUT2D eigenvalue weighted by Gasteiger charge is -2.26. The lowest BCUT2D eigenvalue weighted by molar-refractivity contribution is 0.0940. The molecule has 5 nitrogen and oxygen atoms in total. The Morgan fingerprint density at radius 2 is 1.86 bits per heavy atom. The Bertz CT molecular complexity index is 696. The van der Waals surface area contributed by atoms with Gasteiger partial charge in [-0.1, -0.05) is 30.3 Å². The maximum atomic E-state index is 12.1. The van der Waals surface area contributed by atoms with Gasteiger partial charge in [0, 0.05) is 31.2 Å². The number of nitrogens with one attached hydrogen (secondary N) is 3. The topological polar surface area (TPSA) is 74.0 Å². The molecule has 0 radical (unpaired) electrons. The molecule has 22 heavy (non-hydrogen) atoms. The Labute approximate surface area is 134 Å². The Hall–Kier alpha value is -2.11. The summed E-state index contributed by atoms with van der Waals surface area (Å²) in [5.74, 6) is 0.152. The number of benzene rings is 1. The number of hydrogen-bond donors (Lipinski definition) is 3. The number of aromatic amines is 1. The van der Waals surface area contributed by atoms with E-state index < -0.39 is 0 Å². The van der Waals surface area contributed by atoms with E-state index in [9.17, 15) is 9.59 Å². The van der Waals surface area contributed by atoms with Gasteiger partial charge in [0.25, 0.3) is 11.5 Å². The van der Waals surface area contributed by atoms with Gasteiger partial charge in [0.1, 0.15) is 5.56 Å². The number of aromatic nitrogens is 1. The summed E-state index contributed by atoms with van der Waals surface area (Å²) in [7, 11) is 0. The second-order valence-electron chi connectivity index (χ2n) is 5.22. The van der Waals surface area contributed by atoms with E-state index in [1.165, 1.54) is 0 Å². The fraction of sp³-hybridized carbons (Fsp3) is 0.250. The molecular formula is C16H18ClN3O2. The average Bonchev–Trinajstić information content (AvgIpc) is 2.46. The molecule has 1 fully saturated rings. The Morgan fingerprint density at radius 3 is 2.45 bits per heavy atom. The lowest BCUT2D eigenvalue weighted by Crippen LogP contribution is -2.48. The van der Waals surface area contributed by atoms with Crippen LogP contribution < -0.4 is 16.2 Å². The number of carbonyl (C=O) groups is 1. The molecule has 1 aromatic carbocycles. The van der Waals surface area contributed by atoms with Crippen molar-refractivity contribution in [2.45, 2.75) is 0 Å². The number of hydrogen-bond acceptors (Lipinski definition) is 3. The molecule has 116 valence electrons. The molecule has 2 aromatic rings. The standard InChI is InChI=1S/C16H17N3O2.ClH/c20-15(18-10-11-8-17-9-11)13-6-7-14(19-16(13)21)12-4-2-1-3-5-12;/h1-7,11,17H,8-10H2,(H,18,20)(H,19,21);1H. The lowest BCUT2D eigenvalue weighted by atomic mass is 10.0. The van der Waals surface area contributed by atoms with E-state index in [2.05, 4.69) is 15.6 Å². The zero-order valence-corrected chi connectivity index (χ0v) is 12.8. The van der Waals surface area contributed by atoms with Crippen LogP contribution in [-0.4, -0.2) is 30.5 Å². The molecule has 0 bridgehead atoms. The molecule has 1 aliphatic rings. The predicted molar refractivity (Wildman–Crippen MR) is 88.4 cm³/mol. The van der Waals surface area contributed by atoms with Crippen molar-refractivity contribution in [1.82, 2.24) is 15.6 Å². The van der Waals surface area contributed by atoms with Gasteiger partial charge in [-0.15, -0.1) is 12.4 Å². The van der Waals surface area contributed by atoms with Crippen molar-refractivity contribution >= 4 is 18.3 Å². The molecule has 3 rings (SSSR count). The molecule has 0 atom stereocenters. The second kappa shape index (κ2) is 7.24. The van der Waals surface area contributed by atoms with Crippen molar-refractivity contribution in [2.24, 2.45) is 5.92 Å². The Morgan fingerprint density at radius 1 is 1.14 bits per heavy atom. The second-order valence-corrected chi connectivity index (χ2v) is 5.22. The van der Waals surface area contributed by atoms with Crippen LogP contribution in [0.4, 0.5) is 0 Å². The molecule has 3 N–H and O–H groups in total. The molecule has 1 amide bonds.